The quantitative estimate of drug-likeness (QED) is 0.886. The van der Waals surface area contributed by atoms with Crippen LogP contribution < -0.4 is 0 Å². The van der Waals surface area contributed by atoms with Gasteiger partial charge in [-0.25, -0.2) is 4.98 Å². The van der Waals surface area contributed by atoms with Crippen LogP contribution in [0.15, 0.2) is 36.8 Å². The number of carbonyl (C=O) groups excluding carboxylic acids is 1. The van der Waals surface area contributed by atoms with Gasteiger partial charge in [-0.15, -0.1) is 0 Å². The lowest BCUT2D eigenvalue weighted by Gasteiger charge is -2.23. The second-order valence-corrected chi connectivity index (χ2v) is 4.23. The molecule has 5 nitrogen and oxygen atoms in total. The Kier molecular flexibility index (Phi) is 3.72. The molecule has 0 saturated carbocycles. The number of carbonyl (C=O) groups is 1. The average molecular weight is 244 g/mol. The molecule has 0 fully saturated rings. The molecule has 0 unspecified atom stereocenters. The first kappa shape index (κ1) is 12.3. The molecule has 0 aliphatic rings. The van der Waals surface area contributed by atoms with E-state index in [0.717, 1.165) is 12.1 Å². The first-order valence-electron chi connectivity index (χ1n) is 5.85. The minimum Gasteiger partial charge on any atom is -0.341 e. The molecular formula is C13H16N4O. The topological polar surface area (TPSA) is 61.9 Å². The van der Waals surface area contributed by atoms with E-state index in [1.165, 1.54) is 0 Å². The van der Waals surface area contributed by atoms with Crippen molar-refractivity contribution < 1.29 is 4.79 Å². The summed E-state index contributed by atoms with van der Waals surface area (Å²) in [4.78, 5) is 24.8. The van der Waals surface area contributed by atoms with Crippen LogP contribution in [0.2, 0.25) is 0 Å². The third-order valence-corrected chi connectivity index (χ3v) is 2.91. The number of imidazole rings is 1. The van der Waals surface area contributed by atoms with Gasteiger partial charge >= 0.3 is 0 Å². The van der Waals surface area contributed by atoms with Crippen LogP contribution >= 0.6 is 0 Å². The van der Waals surface area contributed by atoms with Gasteiger partial charge in [0.2, 0.25) is 0 Å². The Hall–Kier alpha value is -2.17. The first-order valence-corrected chi connectivity index (χ1v) is 5.85. The lowest BCUT2D eigenvalue weighted by Crippen LogP contribution is -2.37. The molecule has 2 rings (SSSR count). The number of aromatic nitrogens is 3. The smallest absolute Gasteiger partial charge is 0.289 e. The third-order valence-electron chi connectivity index (χ3n) is 2.91. The van der Waals surface area contributed by atoms with Crippen molar-refractivity contribution in [2.24, 2.45) is 0 Å². The molecule has 1 amide bonds. The fourth-order valence-electron chi connectivity index (χ4n) is 1.71. The van der Waals surface area contributed by atoms with Crippen LogP contribution in [0.25, 0.3) is 0 Å². The summed E-state index contributed by atoms with van der Waals surface area (Å²) in [6.07, 6.45) is 5.70. The van der Waals surface area contributed by atoms with Gasteiger partial charge in [-0.2, -0.15) is 0 Å². The summed E-state index contributed by atoms with van der Waals surface area (Å²) in [6.45, 7) is 2.00. The molecule has 0 bridgehead atoms. The molecular weight excluding hydrogens is 228 g/mol. The van der Waals surface area contributed by atoms with Crippen LogP contribution in [0.4, 0.5) is 0 Å². The fourth-order valence-corrected chi connectivity index (χ4v) is 1.71. The second kappa shape index (κ2) is 5.44. The molecule has 2 aromatic heterocycles. The van der Waals surface area contributed by atoms with Crippen LogP contribution in [-0.2, 0) is 6.42 Å². The highest BCUT2D eigenvalue weighted by atomic mass is 16.2. The normalized spacial score (nSPS) is 12.1. The number of aromatic amines is 1. The van der Waals surface area contributed by atoms with Crippen LogP contribution in [0.5, 0.6) is 0 Å². The number of rotatable bonds is 4. The molecule has 94 valence electrons. The number of nitrogens with one attached hydrogen (secondary N) is 1. The van der Waals surface area contributed by atoms with E-state index in [1.54, 1.807) is 30.5 Å². The molecule has 0 saturated heterocycles. The van der Waals surface area contributed by atoms with Gasteiger partial charge in [-0.1, -0.05) is 6.07 Å². The van der Waals surface area contributed by atoms with Crippen molar-refractivity contribution in [3.05, 3.63) is 48.3 Å². The van der Waals surface area contributed by atoms with Crippen LogP contribution in [0, 0.1) is 0 Å². The average Bonchev–Trinajstić information content (AvgIpc) is 2.92. The van der Waals surface area contributed by atoms with E-state index in [9.17, 15) is 4.79 Å². The van der Waals surface area contributed by atoms with E-state index in [2.05, 4.69) is 15.0 Å². The molecule has 0 radical (unpaired) electrons. The van der Waals surface area contributed by atoms with Gasteiger partial charge in [0.25, 0.3) is 5.91 Å². The first-order chi connectivity index (χ1) is 8.68. The van der Waals surface area contributed by atoms with E-state index in [4.69, 9.17) is 0 Å². The largest absolute Gasteiger partial charge is 0.341 e. The lowest BCUT2D eigenvalue weighted by atomic mass is 10.1. The fraction of sp³-hybridized carbons (Fsp3) is 0.308. The molecule has 2 heterocycles. The molecule has 18 heavy (non-hydrogen) atoms. The van der Waals surface area contributed by atoms with Crippen molar-refractivity contribution in [3.8, 4) is 0 Å². The van der Waals surface area contributed by atoms with Crippen LogP contribution in [0.1, 0.15) is 23.2 Å². The predicted molar refractivity (Wildman–Crippen MR) is 68.1 cm³/mol. The Labute approximate surface area is 106 Å². The number of amides is 1. The summed E-state index contributed by atoms with van der Waals surface area (Å²) < 4.78 is 0. The number of H-pyrrole nitrogens is 1. The van der Waals surface area contributed by atoms with Gasteiger partial charge < -0.3 is 9.88 Å². The third kappa shape index (κ3) is 2.74. The Morgan fingerprint density at radius 3 is 2.83 bits per heavy atom. The maximum atomic E-state index is 12.0. The molecule has 0 aromatic carbocycles. The zero-order valence-electron chi connectivity index (χ0n) is 10.5. The summed E-state index contributed by atoms with van der Waals surface area (Å²) in [5.41, 5.74) is 0.976. The van der Waals surface area contributed by atoms with E-state index in [1.807, 2.05) is 25.1 Å². The standard InChI is InChI=1S/C13H16N4O/c1-10(9-11-5-3-4-6-14-11)17(2)13(18)12-15-7-8-16-12/h3-8,10H,9H2,1-2H3,(H,15,16)/t10-/m1/s1. The molecule has 1 atom stereocenters. The number of nitrogens with zero attached hydrogens (tertiary/aromatic N) is 3. The highest BCUT2D eigenvalue weighted by molar-refractivity contribution is 5.90. The number of pyridine rings is 1. The molecule has 5 heteroatoms. The van der Waals surface area contributed by atoms with Crippen molar-refractivity contribution in [3.63, 3.8) is 0 Å². The minimum atomic E-state index is -0.108. The van der Waals surface area contributed by atoms with E-state index in [-0.39, 0.29) is 11.9 Å². The summed E-state index contributed by atoms with van der Waals surface area (Å²) in [5.74, 6) is 0.258. The van der Waals surface area contributed by atoms with Crippen LogP contribution in [-0.4, -0.2) is 38.8 Å². The summed E-state index contributed by atoms with van der Waals surface area (Å²) in [5, 5.41) is 0. The van der Waals surface area contributed by atoms with Gasteiger partial charge in [0, 0.05) is 43.8 Å². The van der Waals surface area contributed by atoms with Crippen molar-refractivity contribution in [2.45, 2.75) is 19.4 Å². The summed E-state index contributed by atoms with van der Waals surface area (Å²) >= 11 is 0. The number of hydrogen-bond acceptors (Lipinski definition) is 3. The van der Waals surface area contributed by atoms with Crippen molar-refractivity contribution >= 4 is 5.91 Å². The number of hydrogen-bond donors (Lipinski definition) is 1. The monoisotopic (exact) mass is 244 g/mol. The highest BCUT2D eigenvalue weighted by Crippen LogP contribution is 2.07. The zero-order valence-corrected chi connectivity index (χ0v) is 10.5. The predicted octanol–water partition coefficient (Wildman–Crippen LogP) is 1.51. The summed E-state index contributed by atoms with van der Waals surface area (Å²) in [6, 6.07) is 5.86. The minimum absolute atomic E-state index is 0.0671. The molecule has 2 aromatic rings. The van der Waals surface area contributed by atoms with Crippen molar-refractivity contribution in [1.29, 1.82) is 0 Å². The highest BCUT2D eigenvalue weighted by Gasteiger charge is 2.19. The number of likely N-dealkylation sites (N-methyl/N-ethyl adjacent to an activating group) is 1. The van der Waals surface area contributed by atoms with E-state index in [0.29, 0.717) is 5.82 Å². The lowest BCUT2D eigenvalue weighted by molar-refractivity contribution is 0.0731. The van der Waals surface area contributed by atoms with Gasteiger partial charge in [0.05, 0.1) is 0 Å². The Balaban J connectivity index is 2.01. The Morgan fingerprint density at radius 1 is 1.39 bits per heavy atom. The van der Waals surface area contributed by atoms with Gasteiger partial charge in [-0.05, 0) is 19.1 Å². The maximum Gasteiger partial charge on any atom is 0.289 e. The molecule has 0 spiro atoms. The summed E-state index contributed by atoms with van der Waals surface area (Å²) in [7, 11) is 1.78. The second-order valence-electron chi connectivity index (χ2n) is 4.23. The Morgan fingerprint density at radius 2 is 2.22 bits per heavy atom. The van der Waals surface area contributed by atoms with Crippen molar-refractivity contribution in [2.75, 3.05) is 7.05 Å². The molecule has 0 aliphatic heterocycles. The maximum absolute atomic E-state index is 12.0. The SMILES string of the molecule is C[C@H](Cc1ccccn1)N(C)C(=O)c1ncc[nH]1. The zero-order chi connectivity index (χ0) is 13.0. The molecule has 0 aliphatic carbocycles. The Bertz CT molecular complexity index is 495. The molecule has 1 N–H and O–H groups in total. The van der Waals surface area contributed by atoms with Crippen molar-refractivity contribution in [1.82, 2.24) is 19.9 Å². The van der Waals surface area contributed by atoms with Crippen LogP contribution in [0.3, 0.4) is 0 Å². The van der Waals surface area contributed by atoms with E-state index >= 15 is 0 Å². The van der Waals surface area contributed by atoms with E-state index < -0.39 is 0 Å². The van der Waals surface area contributed by atoms with Gasteiger partial charge in [0.15, 0.2) is 5.82 Å². The van der Waals surface area contributed by atoms with Gasteiger partial charge in [0.1, 0.15) is 0 Å². The van der Waals surface area contributed by atoms with Gasteiger partial charge in [-0.3, -0.25) is 9.78 Å².